The topological polar surface area (TPSA) is 35.5 Å². The van der Waals surface area contributed by atoms with Crippen LogP contribution in [0.4, 0.5) is 0 Å². The summed E-state index contributed by atoms with van der Waals surface area (Å²) >= 11 is 0. The second-order valence-corrected chi connectivity index (χ2v) is 5.33. The summed E-state index contributed by atoms with van der Waals surface area (Å²) < 4.78 is 0. The first kappa shape index (κ1) is 11.4. The third-order valence-electron chi connectivity index (χ3n) is 4.03. The molecule has 0 unspecified atom stereocenters. The molecule has 3 nitrogen and oxygen atoms in total. The fourth-order valence-electron chi connectivity index (χ4n) is 2.99. The van der Waals surface area contributed by atoms with Crippen molar-refractivity contribution in [2.45, 2.75) is 50.2 Å². The van der Waals surface area contributed by atoms with Crippen LogP contribution in [0.1, 0.15) is 38.5 Å². The standard InChI is InChI=1S/C12H24N2O/c1-14(11-4-2-3-5-11)10-12(15)6-8-13-9-7-12/h11,13,15H,2-10H2,1H3. The SMILES string of the molecule is CN(CC1(O)CCNCC1)C1CCCC1. The van der Waals surface area contributed by atoms with E-state index in [1.807, 2.05) is 0 Å². The number of hydrogen-bond acceptors (Lipinski definition) is 3. The number of aliphatic hydroxyl groups is 1. The molecule has 0 aromatic rings. The van der Waals surface area contributed by atoms with Gasteiger partial charge in [0.25, 0.3) is 0 Å². The lowest BCUT2D eigenvalue weighted by molar-refractivity contribution is -0.0234. The van der Waals surface area contributed by atoms with E-state index in [0.29, 0.717) is 0 Å². The maximum Gasteiger partial charge on any atom is 0.0798 e. The maximum absolute atomic E-state index is 10.4. The van der Waals surface area contributed by atoms with Gasteiger partial charge in [-0.25, -0.2) is 0 Å². The Morgan fingerprint density at radius 3 is 2.47 bits per heavy atom. The van der Waals surface area contributed by atoms with E-state index in [-0.39, 0.29) is 0 Å². The Bertz CT molecular complexity index is 196. The Kier molecular flexibility index (Phi) is 3.65. The van der Waals surface area contributed by atoms with Crippen LogP contribution in [0.15, 0.2) is 0 Å². The fourth-order valence-corrected chi connectivity index (χ4v) is 2.99. The predicted molar refractivity (Wildman–Crippen MR) is 61.9 cm³/mol. The summed E-state index contributed by atoms with van der Waals surface area (Å²) in [7, 11) is 2.18. The highest BCUT2D eigenvalue weighted by molar-refractivity contribution is 4.89. The summed E-state index contributed by atoms with van der Waals surface area (Å²) in [5.74, 6) is 0. The number of rotatable bonds is 3. The van der Waals surface area contributed by atoms with Crippen molar-refractivity contribution in [2.24, 2.45) is 0 Å². The molecular weight excluding hydrogens is 188 g/mol. The second-order valence-electron chi connectivity index (χ2n) is 5.33. The van der Waals surface area contributed by atoms with Gasteiger partial charge in [-0.1, -0.05) is 12.8 Å². The minimum Gasteiger partial charge on any atom is -0.388 e. The van der Waals surface area contributed by atoms with E-state index in [1.54, 1.807) is 0 Å². The summed E-state index contributed by atoms with van der Waals surface area (Å²) in [6, 6.07) is 0.726. The molecule has 0 atom stereocenters. The first-order valence-electron chi connectivity index (χ1n) is 6.33. The van der Waals surface area contributed by atoms with Crippen LogP contribution in [0.3, 0.4) is 0 Å². The van der Waals surface area contributed by atoms with Gasteiger partial charge in [-0.3, -0.25) is 0 Å². The molecule has 1 saturated carbocycles. The molecule has 0 radical (unpaired) electrons. The molecule has 0 spiro atoms. The summed E-state index contributed by atoms with van der Waals surface area (Å²) in [4.78, 5) is 2.39. The van der Waals surface area contributed by atoms with Crippen molar-refractivity contribution < 1.29 is 5.11 Å². The van der Waals surface area contributed by atoms with Crippen LogP contribution in [0.25, 0.3) is 0 Å². The van der Waals surface area contributed by atoms with Crippen LogP contribution in [-0.2, 0) is 0 Å². The number of hydrogen-bond donors (Lipinski definition) is 2. The van der Waals surface area contributed by atoms with Gasteiger partial charge in [0.2, 0.25) is 0 Å². The molecule has 1 aliphatic carbocycles. The van der Waals surface area contributed by atoms with Gasteiger partial charge in [-0.15, -0.1) is 0 Å². The highest BCUT2D eigenvalue weighted by atomic mass is 16.3. The number of piperidine rings is 1. The van der Waals surface area contributed by atoms with Gasteiger partial charge in [-0.05, 0) is 45.8 Å². The third kappa shape index (κ3) is 2.92. The lowest BCUT2D eigenvalue weighted by Gasteiger charge is -2.38. The van der Waals surface area contributed by atoms with Gasteiger partial charge in [-0.2, -0.15) is 0 Å². The lowest BCUT2D eigenvalue weighted by atomic mass is 9.91. The minimum atomic E-state index is -0.428. The van der Waals surface area contributed by atoms with Crippen molar-refractivity contribution in [3.63, 3.8) is 0 Å². The molecule has 1 aliphatic heterocycles. The summed E-state index contributed by atoms with van der Waals surface area (Å²) in [5, 5.41) is 13.7. The van der Waals surface area contributed by atoms with E-state index in [9.17, 15) is 5.11 Å². The minimum absolute atomic E-state index is 0.428. The predicted octanol–water partition coefficient (Wildman–Crippen LogP) is 0.975. The number of nitrogens with one attached hydrogen (secondary N) is 1. The molecule has 0 amide bonds. The Balaban J connectivity index is 1.83. The zero-order valence-electron chi connectivity index (χ0n) is 9.84. The summed E-state index contributed by atoms with van der Waals surface area (Å²) in [6.07, 6.45) is 7.20. The average molecular weight is 212 g/mol. The van der Waals surface area contributed by atoms with Gasteiger partial charge in [0.05, 0.1) is 5.60 Å². The molecule has 0 aromatic heterocycles. The van der Waals surface area contributed by atoms with Crippen molar-refractivity contribution in [1.82, 2.24) is 10.2 Å². The monoisotopic (exact) mass is 212 g/mol. The largest absolute Gasteiger partial charge is 0.388 e. The van der Waals surface area contributed by atoms with Crippen LogP contribution in [0, 0.1) is 0 Å². The van der Waals surface area contributed by atoms with Crippen LogP contribution in [0.5, 0.6) is 0 Å². The molecule has 1 saturated heterocycles. The van der Waals surface area contributed by atoms with Gasteiger partial charge in [0.15, 0.2) is 0 Å². The molecule has 2 fully saturated rings. The van der Waals surface area contributed by atoms with E-state index < -0.39 is 5.60 Å². The zero-order valence-corrected chi connectivity index (χ0v) is 9.84. The van der Waals surface area contributed by atoms with E-state index in [1.165, 1.54) is 25.7 Å². The highest BCUT2D eigenvalue weighted by Gasteiger charge is 2.32. The van der Waals surface area contributed by atoms with Crippen LogP contribution in [-0.4, -0.2) is 48.3 Å². The van der Waals surface area contributed by atoms with Crippen molar-refractivity contribution in [1.29, 1.82) is 0 Å². The third-order valence-corrected chi connectivity index (χ3v) is 4.03. The highest BCUT2D eigenvalue weighted by Crippen LogP contribution is 2.26. The first-order valence-corrected chi connectivity index (χ1v) is 6.33. The van der Waals surface area contributed by atoms with Gasteiger partial charge in [0, 0.05) is 12.6 Å². The molecule has 15 heavy (non-hydrogen) atoms. The van der Waals surface area contributed by atoms with Crippen molar-refractivity contribution in [3.8, 4) is 0 Å². The number of nitrogens with zero attached hydrogens (tertiary/aromatic N) is 1. The molecule has 2 rings (SSSR count). The zero-order chi connectivity index (χ0) is 10.7. The van der Waals surface area contributed by atoms with E-state index in [2.05, 4.69) is 17.3 Å². The Labute approximate surface area is 92.8 Å². The number of likely N-dealkylation sites (N-methyl/N-ethyl adjacent to an activating group) is 1. The smallest absolute Gasteiger partial charge is 0.0798 e. The first-order chi connectivity index (χ1) is 7.20. The van der Waals surface area contributed by atoms with E-state index in [0.717, 1.165) is 38.5 Å². The molecule has 88 valence electrons. The van der Waals surface area contributed by atoms with Gasteiger partial charge in [0.1, 0.15) is 0 Å². The van der Waals surface area contributed by atoms with E-state index >= 15 is 0 Å². The second kappa shape index (κ2) is 4.81. The molecule has 2 N–H and O–H groups in total. The Morgan fingerprint density at radius 2 is 1.87 bits per heavy atom. The molecule has 0 bridgehead atoms. The quantitative estimate of drug-likeness (QED) is 0.732. The van der Waals surface area contributed by atoms with Crippen LogP contribution < -0.4 is 5.32 Å². The molecular formula is C12H24N2O. The molecule has 2 aliphatic rings. The van der Waals surface area contributed by atoms with E-state index in [4.69, 9.17) is 0 Å². The average Bonchev–Trinajstić information content (AvgIpc) is 2.70. The summed E-state index contributed by atoms with van der Waals surface area (Å²) in [6.45, 7) is 2.80. The van der Waals surface area contributed by atoms with Crippen molar-refractivity contribution in [3.05, 3.63) is 0 Å². The summed E-state index contributed by atoms with van der Waals surface area (Å²) in [5.41, 5.74) is -0.428. The fraction of sp³-hybridized carbons (Fsp3) is 1.00. The Hall–Kier alpha value is -0.120. The molecule has 0 aromatic carbocycles. The molecule has 3 heteroatoms. The van der Waals surface area contributed by atoms with Crippen LogP contribution >= 0.6 is 0 Å². The normalized spacial score (nSPS) is 27.4. The van der Waals surface area contributed by atoms with Gasteiger partial charge >= 0.3 is 0 Å². The Morgan fingerprint density at radius 1 is 1.27 bits per heavy atom. The lowest BCUT2D eigenvalue weighted by Crippen LogP contribution is -2.50. The maximum atomic E-state index is 10.4. The molecule has 1 heterocycles. The van der Waals surface area contributed by atoms with Crippen LogP contribution in [0.2, 0.25) is 0 Å². The van der Waals surface area contributed by atoms with Crippen molar-refractivity contribution >= 4 is 0 Å². The van der Waals surface area contributed by atoms with Crippen molar-refractivity contribution in [2.75, 3.05) is 26.7 Å². The van der Waals surface area contributed by atoms with Gasteiger partial charge < -0.3 is 15.3 Å².